The summed E-state index contributed by atoms with van der Waals surface area (Å²) in [5.41, 5.74) is 12.7. The van der Waals surface area contributed by atoms with Gasteiger partial charge in [0.15, 0.2) is 17.5 Å². The first-order valence-electron chi connectivity index (χ1n) is 21.0. The summed E-state index contributed by atoms with van der Waals surface area (Å²) in [6.07, 6.45) is 0. The molecular formula is C57H33N3O2S. The summed E-state index contributed by atoms with van der Waals surface area (Å²) in [4.78, 5) is 15.4. The van der Waals surface area contributed by atoms with Crippen LogP contribution in [-0.4, -0.2) is 15.0 Å². The van der Waals surface area contributed by atoms with Crippen LogP contribution in [0, 0.1) is 0 Å². The predicted molar refractivity (Wildman–Crippen MR) is 260 cm³/mol. The van der Waals surface area contributed by atoms with Crippen molar-refractivity contribution in [1.82, 2.24) is 15.0 Å². The molecule has 13 rings (SSSR count). The smallest absolute Gasteiger partial charge is 0.164 e. The average molecular weight is 824 g/mol. The van der Waals surface area contributed by atoms with Gasteiger partial charge >= 0.3 is 0 Å². The van der Waals surface area contributed by atoms with Gasteiger partial charge in [0.25, 0.3) is 0 Å². The van der Waals surface area contributed by atoms with Gasteiger partial charge in [0.2, 0.25) is 0 Å². The molecule has 5 nitrogen and oxygen atoms in total. The van der Waals surface area contributed by atoms with E-state index < -0.39 is 0 Å². The number of thiophene rings is 1. The van der Waals surface area contributed by atoms with E-state index in [4.69, 9.17) is 23.8 Å². The molecule has 63 heavy (non-hydrogen) atoms. The second-order valence-corrected chi connectivity index (χ2v) is 17.0. The van der Waals surface area contributed by atoms with Crippen molar-refractivity contribution in [3.05, 3.63) is 200 Å². The van der Waals surface area contributed by atoms with Crippen molar-refractivity contribution < 1.29 is 8.83 Å². The molecule has 0 saturated heterocycles. The zero-order valence-corrected chi connectivity index (χ0v) is 34.4. The number of aromatic nitrogens is 3. The number of fused-ring (bicyclic) bond motifs is 9. The number of para-hydroxylation sites is 1. The van der Waals surface area contributed by atoms with Crippen LogP contribution >= 0.6 is 11.3 Å². The first-order chi connectivity index (χ1) is 31.2. The summed E-state index contributed by atoms with van der Waals surface area (Å²) in [6, 6.07) is 69.8. The lowest BCUT2D eigenvalue weighted by molar-refractivity contribution is 0.669. The highest BCUT2D eigenvalue weighted by Crippen LogP contribution is 2.46. The molecule has 0 aliphatic rings. The molecule has 0 saturated carbocycles. The van der Waals surface area contributed by atoms with Crippen LogP contribution in [0.25, 0.3) is 132 Å². The zero-order chi connectivity index (χ0) is 41.4. The van der Waals surface area contributed by atoms with Gasteiger partial charge in [-0.05, 0) is 70.3 Å². The van der Waals surface area contributed by atoms with Crippen molar-refractivity contribution in [1.29, 1.82) is 0 Å². The van der Waals surface area contributed by atoms with E-state index in [2.05, 4.69) is 140 Å². The van der Waals surface area contributed by atoms with E-state index in [1.165, 1.54) is 20.2 Å². The number of nitrogens with zero attached hydrogens (tertiary/aromatic N) is 3. The van der Waals surface area contributed by atoms with E-state index in [0.717, 1.165) is 93.9 Å². The minimum absolute atomic E-state index is 0.574. The largest absolute Gasteiger partial charge is 0.456 e. The van der Waals surface area contributed by atoms with E-state index in [0.29, 0.717) is 17.5 Å². The maximum atomic E-state index is 6.64. The Balaban J connectivity index is 1.02. The summed E-state index contributed by atoms with van der Waals surface area (Å²) in [5.74, 6) is 1.78. The molecule has 0 aliphatic carbocycles. The third kappa shape index (κ3) is 5.87. The van der Waals surface area contributed by atoms with Gasteiger partial charge in [0.05, 0.1) is 0 Å². The number of benzene rings is 9. The lowest BCUT2D eigenvalue weighted by Crippen LogP contribution is -2.00. The second-order valence-electron chi connectivity index (χ2n) is 15.9. The van der Waals surface area contributed by atoms with Gasteiger partial charge in [-0.3, -0.25) is 0 Å². The lowest BCUT2D eigenvalue weighted by atomic mass is 9.89. The summed E-state index contributed by atoms with van der Waals surface area (Å²) in [7, 11) is 0. The molecule has 0 radical (unpaired) electrons. The normalized spacial score (nSPS) is 11.8. The molecule has 13 aromatic rings. The molecule has 0 spiro atoms. The number of hydrogen-bond donors (Lipinski definition) is 0. The Morgan fingerprint density at radius 1 is 0.302 bits per heavy atom. The first kappa shape index (κ1) is 35.6. The maximum absolute atomic E-state index is 6.64. The summed E-state index contributed by atoms with van der Waals surface area (Å²) >= 11 is 1.84. The van der Waals surface area contributed by atoms with Gasteiger partial charge < -0.3 is 8.83 Å². The molecule has 0 fully saturated rings. The van der Waals surface area contributed by atoms with Crippen LogP contribution in [0.3, 0.4) is 0 Å². The number of rotatable bonds is 6. The van der Waals surface area contributed by atoms with Crippen molar-refractivity contribution in [3.63, 3.8) is 0 Å². The number of furan rings is 2. The fourth-order valence-corrected chi connectivity index (χ4v) is 10.3. The highest BCUT2D eigenvalue weighted by atomic mass is 32.1. The molecule has 4 heterocycles. The number of hydrogen-bond acceptors (Lipinski definition) is 6. The minimum atomic E-state index is 0.574. The van der Waals surface area contributed by atoms with Gasteiger partial charge in [-0.15, -0.1) is 11.3 Å². The van der Waals surface area contributed by atoms with E-state index >= 15 is 0 Å². The van der Waals surface area contributed by atoms with Crippen LogP contribution < -0.4 is 0 Å². The fraction of sp³-hybridized carbons (Fsp3) is 0. The van der Waals surface area contributed by atoms with Crippen LogP contribution in [-0.2, 0) is 0 Å². The molecular weight excluding hydrogens is 791 g/mol. The molecule has 9 aromatic carbocycles. The second kappa shape index (κ2) is 14.2. The Kier molecular flexibility index (Phi) is 8.01. The predicted octanol–water partition coefficient (Wildman–Crippen LogP) is 16.0. The Morgan fingerprint density at radius 2 is 0.857 bits per heavy atom. The third-order valence-electron chi connectivity index (χ3n) is 12.2. The summed E-state index contributed by atoms with van der Waals surface area (Å²) in [6.45, 7) is 0. The Morgan fingerprint density at radius 3 is 1.67 bits per heavy atom. The molecule has 0 amide bonds. The first-order valence-corrected chi connectivity index (χ1v) is 21.8. The minimum Gasteiger partial charge on any atom is -0.456 e. The van der Waals surface area contributed by atoms with Gasteiger partial charge in [0, 0.05) is 64.0 Å². The van der Waals surface area contributed by atoms with Crippen molar-refractivity contribution in [3.8, 4) is 67.5 Å². The van der Waals surface area contributed by atoms with E-state index in [1.807, 2.05) is 72.0 Å². The van der Waals surface area contributed by atoms with Crippen LogP contribution in [0.15, 0.2) is 209 Å². The molecule has 294 valence electrons. The molecule has 4 aromatic heterocycles. The topological polar surface area (TPSA) is 65.0 Å². The van der Waals surface area contributed by atoms with Gasteiger partial charge in [-0.25, -0.2) is 15.0 Å². The SMILES string of the molecule is c1ccc(-c2ccc(-c3nc(-c4ccccc4)nc(-c4cccc5oc6ccc(-c7c(-c8ccc9c(c8)sc8ccccc89)ccc8oc9ccccc9c78)cc6c45)n3)cc2)cc1. The van der Waals surface area contributed by atoms with Crippen LogP contribution in [0.2, 0.25) is 0 Å². The van der Waals surface area contributed by atoms with Gasteiger partial charge in [0.1, 0.15) is 22.3 Å². The molecule has 6 heteroatoms. The quantitative estimate of drug-likeness (QED) is 0.167. The highest BCUT2D eigenvalue weighted by Gasteiger charge is 2.22. The highest BCUT2D eigenvalue weighted by molar-refractivity contribution is 7.25. The molecule has 0 aliphatic heterocycles. The standard InChI is InChI=1S/C57H33N3O2S/c1-3-12-34(13-4-1)35-22-24-37(25-23-35)56-58-55(36-14-5-2-6-15-36)59-57(60-56)44-18-11-20-48-53(44)45-32-39(27-30-47(45)62-48)52-40(29-31-49-54(52)43-17-7-9-19-46(43)61-49)38-26-28-42-41-16-8-10-21-50(41)63-51(42)33-38/h1-33H. The lowest BCUT2D eigenvalue weighted by Gasteiger charge is -2.13. The fourth-order valence-electron chi connectivity index (χ4n) is 9.20. The maximum Gasteiger partial charge on any atom is 0.164 e. The molecule has 0 unspecified atom stereocenters. The van der Waals surface area contributed by atoms with Gasteiger partial charge in [-0.1, -0.05) is 158 Å². The zero-order valence-electron chi connectivity index (χ0n) is 33.6. The Hall–Kier alpha value is -8.19. The summed E-state index contributed by atoms with van der Waals surface area (Å²) in [5, 5.41) is 6.64. The van der Waals surface area contributed by atoms with Gasteiger partial charge in [-0.2, -0.15) is 0 Å². The van der Waals surface area contributed by atoms with E-state index in [1.54, 1.807) is 0 Å². The molecule has 0 atom stereocenters. The van der Waals surface area contributed by atoms with E-state index in [-0.39, 0.29) is 0 Å². The van der Waals surface area contributed by atoms with Crippen LogP contribution in [0.1, 0.15) is 0 Å². The molecule has 0 bridgehead atoms. The van der Waals surface area contributed by atoms with Crippen molar-refractivity contribution >= 4 is 75.4 Å². The van der Waals surface area contributed by atoms with E-state index in [9.17, 15) is 0 Å². The Labute approximate surface area is 365 Å². The van der Waals surface area contributed by atoms with Crippen LogP contribution in [0.4, 0.5) is 0 Å². The average Bonchev–Trinajstić information content (AvgIpc) is 4.05. The van der Waals surface area contributed by atoms with Crippen molar-refractivity contribution in [2.24, 2.45) is 0 Å². The van der Waals surface area contributed by atoms with Crippen molar-refractivity contribution in [2.45, 2.75) is 0 Å². The monoisotopic (exact) mass is 823 g/mol. The van der Waals surface area contributed by atoms with Crippen molar-refractivity contribution in [2.75, 3.05) is 0 Å². The molecule has 0 N–H and O–H groups in total. The Bertz CT molecular complexity index is 3900. The third-order valence-corrected chi connectivity index (χ3v) is 13.3. The van der Waals surface area contributed by atoms with Crippen LogP contribution in [0.5, 0.6) is 0 Å². The summed E-state index contributed by atoms with van der Waals surface area (Å²) < 4.78 is 15.7.